The van der Waals surface area contributed by atoms with Crippen LogP contribution in [0.3, 0.4) is 0 Å². The number of hydrogen-bond donors (Lipinski definition) is 1. The molecule has 4 nitrogen and oxygen atoms in total. The van der Waals surface area contributed by atoms with E-state index in [9.17, 15) is 4.79 Å². The molecule has 68 valence electrons. The van der Waals surface area contributed by atoms with E-state index in [4.69, 9.17) is 11.6 Å². The van der Waals surface area contributed by atoms with Gasteiger partial charge in [-0.3, -0.25) is 9.55 Å². The Labute approximate surface area is 79.2 Å². The first-order valence-electron chi connectivity index (χ1n) is 3.97. The molecule has 0 fully saturated rings. The molecule has 0 saturated heterocycles. The topological polar surface area (TPSA) is 50.7 Å². The largest absolute Gasteiger partial charge is 0.327 e. The van der Waals surface area contributed by atoms with Crippen LogP contribution in [0.2, 0.25) is 5.02 Å². The van der Waals surface area contributed by atoms with E-state index in [0.29, 0.717) is 22.7 Å². The van der Waals surface area contributed by atoms with Crippen molar-refractivity contribution in [2.75, 3.05) is 0 Å². The molecule has 2 heterocycles. The number of pyridine rings is 1. The molecule has 0 spiro atoms. The Morgan fingerprint density at radius 3 is 3.15 bits per heavy atom. The van der Waals surface area contributed by atoms with Crippen LogP contribution in [0.5, 0.6) is 0 Å². The van der Waals surface area contributed by atoms with Crippen LogP contribution in [0.1, 0.15) is 6.92 Å². The van der Waals surface area contributed by atoms with Crippen LogP contribution < -0.4 is 5.69 Å². The van der Waals surface area contributed by atoms with Gasteiger partial charge in [0.25, 0.3) is 0 Å². The summed E-state index contributed by atoms with van der Waals surface area (Å²) < 4.78 is 1.56. The van der Waals surface area contributed by atoms with Crippen molar-refractivity contribution in [2.24, 2.45) is 0 Å². The molecule has 2 aromatic heterocycles. The van der Waals surface area contributed by atoms with Crippen LogP contribution >= 0.6 is 11.6 Å². The Kier molecular flexibility index (Phi) is 1.84. The third-order valence-corrected chi connectivity index (χ3v) is 2.24. The lowest BCUT2D eigenvalue weighted by atomic mass is 10.4. The van der Waals surface area contributed by atoms with Crippen molar-refractivity contribution in [3.63, 3.8) is 0 Å². The van der Waals surface area contributed by atoms with E-state index in [2.05, 4.69) is 9.97 Å². The van der Waals surface area contributed by atoms with E-state index >= 15 is 0 Å². The highest BCUT2D eigenvalue weighted by atomic mass is 35.5. The highest BCUT2D eigenvalue weighted by Crippen LogP contribution is 2.18. The molecular weight excluding hydrogens is 190 g/mol. The van der Waals surface area contributed by atoms with Crippen molar-refractivity contribution >= 4 is 22.8 Å². The second kappa shape index (κ2) is 2.88. The van der Waals surface area contributed by atoms with E-state index in [1.54, 1.807) is 16.8 Å². The minimum absolute atomic E-state index is 0.168. The summed E-state index contributed by atoms with van der Waals surface area (Å²) in [7, 11) is 0. The van der Waals surface area contributed by atoms with Crippen LogP contribution in [-0.4, -0.2) is 14.5 Å². The Hall–Kier alpha value is -1.29. The van der Waals surface area contributed by atoms with E-state index in [1.165, 1.54) is 0 Å². The number of nitrogens with zero attached hydrogens (tertiary/aromatic N) is 2. The smallest absolute Gasteiger partial charge is 0.290 e. The van der Waals surface area contributed by atoms with Gasteiger partial charge >= 0.3 is 5.69 Å². The molecule has 0 unspecified atom stereocenters. The summed E-state index contributed by atoms with van der Waals surface area (Å²) in [6, 6.07) is 1.67. The minimum atomic E-state index is -0.168. The van der Waals surface area contributed by atoms with Gasteiger partial charge in [-0.25, -0.2) is 9.78 Å². The molecule has 0 aliphatic heterocycles. The van der Waals surface area contributed by atoms with Crippen molar-refractivity contribution in [3.8, 4) is 0 Å². The molecule has 1 N–H and O–H groups in total. The number of rotatable bonds is 1. The zero-order chi connectivity index (χ0) is 9.42. The van der Waals surface area contributed by atoms with Gasteiger partial charge in [0, 0.05) is 12.7 Å². The van der Waals surface area contributed by atoms with E-state index in [-0.39, 0.29) is 5.69 Å². The molecule has 13 heavy (non-hydrogen) atoms. The van der Waals surface area contributed by atoms with Gasteiger partial charge in [0.05, 0.1) is 5.02 Å². The average molecular weight is 198 g/mol. The highest BCUT2D eigenvalue weighted by Gasteiger charge is 2.08. The summed E-state index contributed by atoms with van der Waals surface area (Å²) in [4.78, 5) is 18.0. The van der Waals surface area contributed by atoms with Crippen LogP contribution in [-0.2, 0) is 6.54 Å². The summed E-state index contributed by atoms with van der Waals surface area (Å²) in [5.41, 5.74) is 1.05. The summed E-state index contributed by atoms with van der Waals surface area (Å²) in [5, 5.41) is 0.546. The van der Waals surface area contributed by atoms with Crippen LogP contribution in [0, 0.1) is 0 Å². The lowest BCUT2D eigenvalue weighted by molar-refractivity contribution is 0.753. The van der Waals surface area contributed by atoms with Crippen LogP contribution in [0.15, 0.2) is 17.1 Å². The molecule has 0 radical (unpaired) electrons. The molecule has 2 aromatic rings. The van der Waals surface area contributed by atoms with Crippen molar-refractivity contribution < 1.29 is 0 Å². The normalized spacial score (nSPS) is 10.9. The number of fused-ring (bicyclic) bond motifs is 1. The van der Waals surface area contributed by atoms with E-state index < -0.39 is 0 Å². The van der Waals surface area contributed by atoms with Crippen molar-refractivity contribution in [2.45, 2.75) is 13.5 Å². The average Bonchev–Trinajstić information content (AvgIpc) is 2.42. The summed E-state index contributed by atoms with van der Waals surface area (Å²) in [6.07, 6.45) is 1.57. The molecule has 0 aromatic carbocycles. The highest BCUT2D eigenvalue weighted by molar-refractivity contribution is 6.34. The molecular formula is C8H8ClN3O. The molecule has 0 aliphatic rings. The first-order valence-corrected chi connectivity index (χ1v) is 4.35. The zero-order valence-electron chi connectivity index (χ0n) is 7.04. The maximum Gasteiger partial charge on any atom is 0.327 e. The summed E-state index contributed by atoms with van der Waals surface area (Å²) >= 11 is 5.93. The zero-order valence-corrected chi connectivity index (χ0v) is 7.80. The number of hydrogen-bond acceptors (Lipinski definition) is 2. The fourth-order valence-electron chi connectivity index (χ4n) is 1.35. The van der Waals surface area contributed by atoms with Gasteiger partial charge in [-0.15, -0.1) is 0 Å². The summed E-state index contributed by atoms with van der Waals surface area (Å²) in [5.74, 6) is 0. The Morgan fingerprint density at radius 1 is 1.69 bits per heavy atom. The van der Waals surface area contributed by atoms with Gasteiger partial charge in [-0.1, -0.05) is 11.6 Å². The molecule has 0 aliphatic carbocycles. The van der Waals surface area contributed by atoms with Crippen molar-refractivity contribution in [1.29, 1.82) is 0 Å². The second-order valence-corrected chi connectivity index (χ2v) is 3.07. The lowest BCUT2D eigenvalue weighted by Gasteiger charge is -1.98. The number of halogens is 1. The number of aryl methyl sites for hydroxylation is 1. The molecule has 0 bridgehead atoms. The van der Waals surface area contributed by atoms with Crippen LogP contribution in [0.25, 0.3) is 11.2 Å². The van der Waals surface area contributed by atoms with Gasteiger partial charge in [-0.2, -0.15) is 0 Å². The predicted octanol–water partition coefficient (Wildman–Crippen LogP) is 1.40. The maximum absolute atomic E-state index is 11.3. The van der Waals surface area contributed by atoms with Gasteiger partial charge in [0.2, 0.25) is 0 Å². The maximum atomic E-state index is 11.3. The van der Waals surface area contributed by atoms with E-state index in [0.717, 1.165) is 0 Å². The van der Waals surface area contributed by atoms with Gasteiger partial charge in [0.1, 0.15) is 5.52 Å². The molecule has 5 heteroatoms. The Bertz CT molecular complexity index is 500. The second-order valence-electron chi connectivity index (χ2n) is 2.66. The van der Waals surface area contributed by atoms with Gasteiger partial charge in [-0.05, 0) is 13.0 Å². The first kappa shape index (κ1) is 8.31. The third kappa shape index (κ3) is 1.14. The monoisotopic (exact) mass is 197 g/mol. The Balaban J connectivity index is 2.96. The summed E-state index contributed by atoms with van der Waals surface area (Å²) in [6.45, 7) is 2.47. The number of imidazole rings is 1. The first-order chi connectivity index (χ1) is 6.24. The molecule has 0 amide bonds. The number of H-pyrrole nitrogens is 1. The molecule has 0 atom stereocenters. The van der Waals surface area contributed by atoms with Crippen LogP contribution in [0.4, 0.5) is 0 Å². The number of aromatic amines is 1. The quantitative estimate of drug-likeness (QED) is 0.751. The SMILES string of the molecule is CCn1c(=O)[nH]c2nccc(Cl)c21. The van der Waals surface area contributed by atoms with Gasteiger partial charge < -0.3 is 0 Å². The Morgan fingerprint density at radius 2 is 2.46 bits per heavy atom. The number of aromatic nitrogens is 3. The standard InChI is InChI=1S/C8H8ClN3O/c1-2-12-6-5(9)3-4-10-7(6)11-8(12)13/h3-4H,2H2,1H3,(H,10,11,13). The van der Waals surface area contributed by atoms with Crippen molar-refractivity contribution in [3.05, 3.63) is 27.8 Å². The molecule has 2 rings (SSSR count). The van der Waals surface area contributed by atoms with Crippen molar-refractivity contribution in [1.82, 2.24) is 14.5 Å². The lowest BCUT2D eigenvalue weighted by Crippen LogP contribution is -2.15. The molecule has 0 saturated carbocycles. The van der Waals surface area contributed by atoms with Gasteiger partial charge in [0.15, 0.2) is 5.65 Å². The van der Waals surface area contributed by atoms with E-state index in [1.807, 2.05) is 6.92 Å². The fraction of sp³-hybridized carbons (Fsp3) is 0.250. The number of nitrogens with one attached hydrogen (secondary N) is 1. The minimum Gasteiger partial charge on any atom is -0.290 e. The fourth-order valence-corrected chi connectivity index (χ4v) is 1.60. The third-order valence-electron chi connectivity index (χ3n) is 1.93. The predicted molar refractivity (Wildman–Crippen MR) is 51.0 cm³/mol.